The Balaban J connectivity index is 1.46. The molecule has 134 valence electrons. The van der Waals surface area contributed by atoms with E-state index in [0.29, 0.717) is 0 Å². The molecule has 3 heteroatoms. The average molecular weight is 361 g/mol. The summed E-state index contributed by atoms with van der Waals surface area (Å²) in [6.45, 7) is 0. The summed E-state index contributed by atoms with van der Waals surface area (Å²) in [6.07, 6.45) is 7.89. The second-order valence-electron chi connectivity index (χ2n) is 6.80. The first kappa shape index (κ1) is 16.3. The molecule has 5 rings (SSSR count). The topological polar surface area (TPSA) is 44.5 Å². The summed E-state index contributed by atoms with van der Waals surface area (Å²) < 4.78 is 0. The maximum Gasteiger partial charge on any atom is 0.0460 e. The van der Waals surface area contributed by atoms with Crippen molar-refractivity contribution >= 4 is 0 Å². The van der Waals surface area contributed by atoms with E-state index in [9.17, 15) is 0 Å². The highest BCUT2D eigenvalue weighted by Crippen LogP contribution is 2.30. The molecule has 0 saturated carbocycles. The molecular formula is C25H19N3. The lowest BCUT2D eigenvalue weighted by atomic mass is 10.0. The van der Waals surface area contributed by atoms with Gasteiger partial charge in [-0.1, -0.05) is 60.7 Å². The van der Waals surface area contributed by atoms with Crippen LogP contribution < -0.4 is 0 Å². The minimum Gasteiger partial charge on any atom is -0.361 e. The number of aromatic amines is 2. The number of benzene rings is 2. The average Bonchev–Trinajstić information content (AvgIpc) is 3.46. The Labute approximate surface area is 163 Å². The van der Waals surface area contributed by atoms with Gasteiger partial charge in [0.1, 0.15) is 0 Å². The van der Waals surface area contributed by atoms with Crippen LogP contribution in [-0.4, -0.2) is 15.0 Å². The van der Waals surface area contributed by atoms with Crippen LogP contribution in [0.5, 0.6) is 0 Å². The van der Waals surface area contributed by atoms with Crippen molar-refractivity contribution in [2.24, 2.45) is 0 Å². The van der Waals surface area contributed by atoms with Crippen molar-refractivity contribution < 1.29 is 0 Å². The first-order valence-corrected chi connectivity index (χ1v) is 9.30. The van der Waals surface area contributed by atoms with Crippen LogP contribution in [-0.2, 0) is 0 Å². The molecule has 28 heavy (non-hydrogen) atoms. The lowest BCUT2D eigenvalue weighted by Gasteiger charge is -2.01. The molecule has 2 N–H and O–H groups in total. The largest absolute Gasteiger partial charge is 0.361 e. The standard InChI is InChI=1S/C25H19N3/c1-3-7-18(8-4-1)24-12-22(16-27-24)20-11-21(15-26-14-20)23-13-25(28-17-23)19-9-5-2-6-10-19/h1-17,27-28H. The maximum absolute atomic E-state index is 4.47. The zero-order valence-corrected chi connectivity index (χ0v) is 15.3. The van der Waals surface area contributed by atoms with Crippen LogP contribution >= 0.6 is 0 Å². The first-order valence-electron chi connectivity index (χ1n) is 9.30. The molecule has 0 atom stereocenters. The fraction of sp³-hybridized carbons (Fsp3) is 0. The number of rotatable bonds is 4. The van der Waals surface area contributed by atoms with Crippen molar-refractivity contribution in [3.05, 3.63) is 104 Å². The fourth-order valence-corrected chi connectivity index (χ4v) is 3.45. The highest BCUT2D eigenvalue weighted by atomic mass is 14.7. The van der Waals surface area contributed by atoms with Gasteiger partial charge in [-0.25, -0.2) is 0 Å². The van der Waals surface area contributed by atoms with E-state index in [0.717, 1.165) is 33.6 Å². The maximum atomic E-state index is 4.47. The van der Waals surface area contributed by atoms with E-state index in [2.05, 4.69) is 57.4 Å². The molecule has 0 bridgehead atoms. The van der Waals surface area contributed by atoms with Gasteiger partial charge in [0.25, 0.3) is 0 Å². The van der Waals surface area contributed by atoms with E-state index in [4.69, 9.17) is 0 Å². The van der Waals surface area contributed by atoms with Gasteiger partial charge in [-0.2, -0.15) is 0 Å². The number of aromatic nitrogens is 3. The second-order valence-corrected chi connectivity index (χ2v) is 6.80. The molecule has 3 heterocycles. The summed E-state index contributed by atoms with van der Waals surface area (Å²) in [5.74, 6) is 0. The molecule has 0 aliphatic carbocycles. The zero-order chi connectivity index (χ0) is 18.8. The first-order chi connectivity index (χ1) is 13.9. The van der Waals surface area contributed by atoms with Crippen LogP contribution in [0.25, 0.3) is 44.8 Å². The van der Waals surface area contributed by atoms with Crippen LogP contribution in [0.15, 0.2) is 104 Å². The summed E-state index contributed by atoms with van der Waals surface area (Å²) >= 11 is 0. The van der Waals surface area contributed by atoms with E-state index in [1.54, 1.807) is 0 Å². The van der Waals surface area contributed by atoms with Gasteiger partial charge in [-0.05, 0) is 29.3 Å². The summed E-state index contributed by atoms with van der Waals surface area (Å²) in [4.78, 5) is 11.2. The van der Waals surface area contributed by atoms with Gasteiger partial charge in [0.2, 0.25) is 0 Å². The highest BCUT2D eigenvalue weighted by molar-refractivity contribution is 5.77. The lowest BCUT2D eigenvalue weighted by molar-refractivity contribution is 1.33. The minimum atomic E-state index is 1.10. The molecule has 0 aliphatic heterocycles. The summed E-state index contributed by atoms with van der Waals surface area (Å²) in [7, 11) is 0. The van der Waals surface area contributed by atoms with Crippen LogP contribution in [0, 0.1) is 0 Å². The molecule has 3 nitrogen and oxygen atoms in total. The molecule has 0 fully saturated rings. The van der Waals surface area contributed by atoms with Gasteiger partial charge in [-0.3, -0.25) is 4.98 Å². The van der Waals surface area contributed by atoms with E-state index >= 15 is 0 Å². The van der Waals surface area contributed by atoms with Crippen molar-refractivity contribution in [1.29, 1.82) is 0 Å². The monoisotopic (exact) mass is 361 g/mol. The van der Waals surface area contributed by atoms with Gasteiger partial charge in [0.05, 0.1) is 0 Å². The van der Waals surface area contributed by atoms with Gasteiger partial charge in [0, 0.05) is 58.4 Å². The van der Waals surface area contributed by atoms with Gasteiger partial charge in [-0.15, -0.1) is 0 Å². The Bertz CT molecular complexity index is 1110. The van der Waals surface area contributed by atoms with Crippen LogP contribution in [0.2, 0.25) is 0 Å². The Kier molecular flexibility index (Phi) is 4.11. The summed E-state index contributed by atoms with van der Waals surface area (Å²) in [6, 6.07) is 27.2. The molecule has 5 aromatic rings. The quantitative estimate of drug-likeness (QED) is 0.382. The minimum absolute atomic E-state index is 1.10. The van der Waals surface area contributed by atoms with E-state index < -0.39 is 0 Å². The Hall–Kier alpha value is -3.85. The van der Waals surface area contributed by atoms with Crippen molar-refractivity contribution in [2.75, 3.05) is 0 Å². The summed E-state index contributed by atoms with van der Waals surface area (Å²) in [5.41, 5.74) is 9.02. The molecular weight excluding hydrogens is 342 g/mol. The van der Waals surface area contributed by atoms with Crippen molar-refractivity contribution in [3.63, 3.8) is 0 Å². The zero-order valence-electron chi connectivity index (χ0n) is 15.3. The third-order valence-corrected chi connectivity index (χ3v) is 4.94. The number of nitrogens with zero attached hydrogens (tertiary/aromatic N) is 1. The van der Waals surface area contributed by atoms with Crippen molar-refractivity contribution in [3.8, 4) is 44.8 Å². The number of hydrogen-bond acceptors (Lipinski definition) is 1. The molecule has 0 spiro atoms. The van der Waals surface area contributed by atoms with Gasteiger partial charge >= 0.3 is 0 Å². The number of hydrogen-bond donors (Lipinski definition) is 2. The van der Waals surface area contributed by atoms with E-state index in [1.807, 2.05) is 61.2 Å². The molecule has 2 aromatic carbocycles. The normalized spacial score (nSPS) is 10.9. The van der Waals surface area contributed by atoms with Gasteiger partial charge < -0.3 is 9.97 Å². The number of nitrogens with one attached hydrogen (secondary N) is 2. The molecule has 0 saturated heterocycles. The molecule has 0 radical (unpaired) electrons. The Morgan fingerprint density at radius 2 is 0.929 bits per heavy atom. The predicted octanol–water partition coefficient (Wildman–Crippen LogP) is 6.41. The van der Waals surface area contributed by atoms with Crippen LogP contribution in [0.1, 0.15) is 0 Å². The SMILES string of the molecule is c1ccc(-c2cc(-c3cncc(-c4c[nH]c(-c5ccccc5)c4)c3)c[nH]2)cc1. The second kappa shape index (κ2) is 7.05. The van der Waals surface area contributed by atoms with Crippen LogP contribution in [0.3, 0.4) is 0 Å². The Morgan fingerprint density at radius 1 is 0.464 bits per heavy atom. The van der Waals surface area contributed by atoms with E-state index in [-0.39, 0.29) is 0 Å². The Morgan fingerprint density at radius 3 is 1.39 bits per heavy atom. The predicted molar refractivity (Wildman–Crippen MR) is 115 cm³/mol. The lowest BCUT2D eigenvalue weighted by Crippen LogP contribution is -1.81. The molecule has 0 aliphatic rings. The molecule has 0 unspecified atom stereocenters. The highest BCUT2D eigenvalue weighted by Gasteiger charge is 2.08. The number of H-pyrrole nitrogens is 2. The van der Waals surface area contributed by atoms with Crippen LogP contribution in [0.4, 0.5) is 0 Å². The fourth-order valence-electron chi connectivity index (χ4n) is 3.45. The van der Waals surface area contributed by atoms with E-state index in [1.165, 1.54) is 11.1 Å². The van der Waals surface area contributed by atoms with Crippen molar-refractivity contribution in [2.45, 2.75) is 0 Å². The van der Waals surface area contributed by atoms with Gasteiger partial charge in [0.15, 0.2) is 0 Å². The molecule has 3 aromatic heterocycles. The number of pyridine rings is 1. The molecule has 0 amide bonds. The third kappa shape index (κ3) is 3.14. The van der Waals surface area contributed by atoms with Crippen molar-refractivity contribution in [1.82, 2.24) is 15.0 Å². The summed E-state index contributed by atoms with van der Waals surface area (Å²) in [5, 5.41) is 0. The third-order valence-electron chi connectivity index (χ3n) is 4.94. The smallest absolute Gasteiger partial charge is 0.0460 e.